The zero-order chi connectivity index (χ0) is 10.9. The highest BCUT2D eigenvalue weighted by Gasteiger charge is 2.17. The maximum Gasteiger partial charge on any atom is 0.270 e. The average molecular weight is 328 g/mol. The molecule has 0 amide bonds. The Hall–Kier alpha value is -0.740. The van der Waals surface area contributed by atoms with Crippen LogP contribution in [0, 0.1) is 13.7 Å². The summed E-state index contributed by atoms with van der Waals surface area (Å²) in [5, 5.41) is 15.2. The number of non-ortho nitro benzene ring substituents is 1. The van der Waals surface area contributed by atoms with Crippen LogP contribution in [-0.4, -0.2) is 13.3 Å². The number of nitro benzene ring substituents is 1. The van der Waals surface area contributed by atoms with Crippen LogP contribution in [-0.2, 0) is 10.0 Å². The highest BCUT2D eigenvalue weighted by molar-refractivity contribution is 14.1. The summed E-state index contributed by atoms with van der Waals surface area (Å²) in [5.74, 6) is 0. The zero-order valence-electron chi connectivity index (χ0n) is 6.68. The lowest BCUT2D eigenvalue weighted by molar-refractivity contribution is -0.385. The number of benzene rings is 1. The number of sulfonamides is 1. The van der Waals surface area contributed by atoms with Gasteiger partial charge >= 0.3 is 0 Å². The molecule has 0 aliphatic heterocycles. The van der Waals surface area contributed by atoms with Crippen LogP contribution >= 0.6 is 22.6 Å². The van der Waals surface area contributed by atoms with Crippen LogP contribution in [0.5, 0.6) is 0 Å². The molecule has 0 spiro atoms. The molecule has 0 radical (unpaired) electrons. The van der Waals surface area contributed by atoms with Gasteiger partial charge in [0.1, 0.15) is 4.90 Å². The van der Waals surface area contributed by atoms with E-state index in [0.29, 0.717) is 3.57 Å². The van der Waals surface area contributed by atoms with E-state index in [9.17, 15) is 18.5 Å². The van der Waals surface area contributed by atoms with E-state index < -0.39 is 14.9 Å². The molecule has 0 fully saturated rings. The molecule has 0 unspecified atom stereocenters. The molecule has 2 N–H and O–H groups in total. The highest BCUT2D eigenvalue weighted by atomic mass is 127. The first-order valence-corrected chi connectivity index (χ1v) is 5.91. The molecule has 0 saturated heterocycles. The molecular weight excluding hydrogens is 323 g/mol. The van der Waals surface area contributed by atoms with E-state index in [2.05, 4.69) is 0 Å². The van der Waals surface area contributed by atoms with Gasteiger partial charge in [-0.15, -0.1) is 0 Å². The van der Waals surface area contributed by atoms with E-state index in [1.807, 2.05) is 0 Å². The molecule has 8 heteroatoms. The number of primary sulfonamides is 1. The van der Waals surface area contributed by atoms with Gasteiger partial charge < -0.3 is 0 Å². The van der Waals surface area contributed by atoms with Gasteiger partial charge in [-0.1, -0.05) is 0 Å². The molecule has 6 nitrogen and oxygen atoms in total. The van der Waals surface area contributed by atoms with Crippen LogP contribution in [0.4, 0.5) is 5.69 Å². The van der Waals surface area contributed by atoms with Crippen LogP contribution in [0.1, 0.15) is 0 Å². The maximum atomic E-state index is 11.0. The maximum absolute atomic E-state index is 11.0. The summed E-state index contributed by atoms with van der Waals surface area (Å²) in [4.78, 5) is 9.45. The van der Waals surface area contributed by atoms with Crippen LogP contribution in [0.3, 0.4) is 0 Å². The van der Waals surface area contributed by atoms with Crippen LogP contribution in [0.2, 0.25) is 0 Å². The smallest absolute Gasteiger partial charge is 0.258 e. The van der Waals surface area contributed by atoms with E-state index in [4.69, 9.17) is 5.14 Å². The third kappa shape index (κ3) is 2.39. The lowest BCUT2D eigenvalue weighted by Crippen LogP contribution is -2.13. The second-order valence-corrected chi connectivity index (χ2v) is 5.11. The fourth-order valence-electron chi connectivity index (χ4n) is 0.824. The Labute approximate surface area is 93.4 Å². The molecule has 1 rings (SSSR count). The van der Waals surface area contributed by atoms with Gasteiger partial charge in [0.15, 0.2) is 0 Å². The molecule has 76 valence electrons. The number of hydrogen-bond acceptors (Lipinski definition) is 4. The Kier molecular flexibility index (Phi) is 3.07. The summed E-state index contributed by atoms with van der Waals surface area (Å²) in [6.07, 6.45) is 0. The summed E-state index contributed by atoms with van der Waals surface area (Å²) in [6, 6.07) is 3.49. The SMILES string of the molecule is NS(=O)(=O)c1cc([N+](=O)[O-])ccc1I. The van der Waals surface area contributed by atoms with Gasteiger partial charge in [-0.25, -0.2) is 13.6 Å². The first-order chi connectivity index (χ1) is 6.32. The first-order valence-electron chi connectivity index (χ1n) is 3.29. The number of rotatable bonds is 2. The Bertz CT molecular complexity index is 485. The van der Waals surface area contributed by atoms with E-state index in [1.54, 1.807) is 22.6 Å². The third-order valence-corrected chi connectivity index (χ3v) is 3.69. The minimum absolute atomic E-state index is 0.229. The second kappa shape index (κ2) is 3.79. The second-order valence-electron chi connectivity index (χ2n) is 2.42. The number of nitrogens with two attached hydrogens (primary N) is 1. The van der Waals surface area contributed by atoms with Crippen molar-refractivity contribution in [2.75, 3.05) is 0 Å². The molecule has 0 aromatic heterocycles. The van der Waals surface area contributed by atoms with E-state index in [-0.39, 0.29) is 10.6 Å². The first kappa shape index (κ1) is 11.3. The van der Waals surface area contributed by atoms with Crippen molar-refractivity contribution in [3.8, 4) is 0 Å². The lowest BCUT2D eigenvalue weighted by atomic mass is 10.3. The number of nitro groups is 1. The number of halogens is 1. The summed E-state index contributed by atoms with van der Waals surface area (Å²) < 4.78 is 22.3. The van der Waals surface area contributed by atoms with Gasteiger partial charge in [0.05, 0.1) is 4.92 Å². The monoisotopic (exact) mass is 328 g/mol. The standard InChI is InChI=1S/C6H5IN2O4S/c7-5-2-1-4(9(10)11)3-6(5)14(8,12)13/h1-3H,(H2,8,12,13). The molecule has 0 bridgehead atoms. The zero-order valence-corrected chi connectivity index (χ0v) is 9.65. The molecule has 0 saturated carbocycles. The number of nitrogens with zero attached hydrogens (tertiary/aromatic N) is 1. The topological polar surface area (TPSA) is 103 Å². The normalized spacial score (nSPS) is 11.3. The van der Waals surface area contributed by atoms with E-state index in [1.165, 1.54) is 12.1 Å². The van der Waals surface area contributed by atoms with Crippen LogP contribution in [0.25, 0.3) is 0 Å². The van der Waals surface area contributed by atoms with Crippen molar-refractivity contribution in [2.24, 2.45) is 5.14 Å². The predicted octanol–water partition coefficient (Wildman–Crippen LogP) is 0.847. The molecule has 1 aromatic carbocycles. The molecule has 0 atom stereocenters. The van der Waals surface area contributed by atoms with Crippen molar-refractivity contribution < 1.29 is 13.3 Å². The Morgan fingerprint density at radius 1 is 1.43 bits per heavy atom. The average Bonchev–Trinajstić information content (AvgIpc) is 2.02. The molecular formula is C6H5IN2O4S. The van der Waals surface area contributed by atoms with Crippen molar-refractivity contribution in [1.82, 2.24) is 0 Å². The van der Waals surface area contributed by atoms with Crippen molar-refractivity contribution in [3.63, 3.8) is 0 Å². The molecule has 0 aliphatic rings. The van der Waals surface area contributed by atoms with Gasteiger partial charge in [-0.05, 0) is 28.7 Å². The summed E-state index contributed by atoms with van der Waals surface area (Å²) in [7, 11) is -3.90. The summed E-state index contributed by atoms with van der Waals surface area (Å²) in [6.45, 7) is 0. The van der Waals surface area contributed by atoms with Crippen molar-refractivity contribution in [3.05, 3.63) is 31.9 Å². The van der Waals surface area contributed by atoms with Crippen molar-refractivity contribution in [2.45, 2.75) is 4.90 Å². The van der Waals surface area contributed by atoms with Gasteiger partial charge in [0.2, 0.25) is 10.0 Å². The predicted molar refractivity (Wildman–Crippen MR) is 57.2 cm³/mol. The van der Waals surface area contributed by atoms with Gasteiger partial charge in [0, 0.05) is 15.7 Å². The third-order valence-electron chi connectivity index (χ3n) is 1.43. The fraction of sp³-hybridized carbons (Fsp3) is 0. The highest BCUT2D eigenvalue weighted by Crippen LogP contribution is 2.22. The number of hydrogen-bond donors (Lipinski definition) is 1. The van der Waals surface area contributed by atoms with Crippen LogP contribution in [0.15, 0.2) is 23.1 Å². The van der Waals surface area contributed by atoms with Crippen LogP contribution < -0.4 is 5.14 Å². The minimum atomic E-state index is -3.90. The van der Waals surface area contributed by atoms with E-state index >= 15 is 0 Å². The minimum Gasteiger partial charge on any atom is -0.258 e. The van der Waals surface area contributed by atoms with Crippen molar-refractivity contribution >= 4 is 38.3 Å². The van der Waals surface area contributed by atoms with E-state index in [0.717, 1.165) is 6.07 Å². The lowest BCUT2D eigenvalue weighted by Gasteiger charge is -2.00. The van der Waals surface area contributed by atoms with Crippen molar-refractivity contribution in [1.29, 1.82) is 0 Å². The molecule has 0 aliphatic carbocycles. The quantitative estimate of drug-likeness (QED) is 0.494. The van der Waals surface area contributed by atoms with Gasteiger partial charge in [-0.3, -0.25) is 10.1 Å². The molecule has 0 heterocycles. The molecule has 14 heavy (non-hydrogen) atoms. The summed E-state index contributed by atoms with van der Waals surface area (Å²) >= 11 is 1.74. The van der Waals surface area contributed by atoms with Gasteiger partial charge in [-0.2, -0.15) is 0 Å². The fourth-order valence-corrected chi connectivity index (χ4v) is 2.70. The Balaban J connectivity index is 3.44. The molecule has 1 aromatic rings. The van der Waals surface area contributed by atoms with Gasteiger partial charge in [0.25, 0.3) is 5.69 Å². The Morgan fingerprint density at radius 2 is 2.00 bits per heavy atom. The summed E-state index contributed by atoms with van der Waals surface area (Å²) in [5.41, 5.74) is -0.297. The largest absolute Gasteiger partial charge is 0.270 e. The Morgan fingerprint density at radius 3 is 2.43 bits per heavy atom.